The van der Waals surface area contributed by atoms with Gasteiger partial charge in [-0.2, -0.15) is 0 Å². The van der Waals surface area contributed by atoms with E-state index in [-0.39, 0.29) is 17.0 Å². The van der Waals surface area contributed by atoms with Gasteiger partial charge in [-0.25, -0.2) is 13.6 Å². The number of carboxylic acids is 1. The van der Waals surface area contributed by atoms with Crippen molar-refractivity contribution in [3.8, 4) is 22.6 Å². The highest BCUT2D eigenvalue weighted by atomic mass is 19.1. The van der Waals surface area contributed by atoms with E-state index in [1.165, 1.54) is 26.2 Å². The minimum Gasteiger partial charge on any atom is -0.496 e. The molecule has 0 saturated heterocycles. The Bertz CT molecular complexity index is 1180. The lowest BCUT2D eigenvalue weighted by molar-refractivity contribution is -0.144. The third-order valence-electron chi connectivity index (χ3n) is 5.36. The minimum absolute atomic E-state index is 0.0568. The highest BCUT2D eigenvalue weighted by molar-refractivity contribution is 5.98. The Hall–Kier alpha value is -3.94. The highest BCUT2D eigenvalue weighted by Gasteiger charge is 2.17. The number of methoxy groups -OCH3 is 1. The SMILES string of the molecule is COc1ccc(-c2ccc(F)cc2F)cc1C(=O)NCC(C)c1ccc(OC(C)C(=O)O)cc1. The molecule has 0 aliphatic carbocycles. The normalized spacial score (nSPS) is 12.5. The maximum atomic E-state index is 14.2. The second-order valence-electron chi connectivity index (χ2n) is 7.82. The maximum Gasteiger partial charge on any atom is 0.344 e. The zero-order valence-electron chi connectivity index (χ0n) is 19.0. The summed E-state index contributed by atoms with van der Waals surface area (Å²) in [6.45, 7) is 3.68. The number of amides is 1. The van der Waals surface area contributed by atoms with Crippen LogP contribution in [0.3, 0.4) is 0 Å². The van der Waals surface area contributed by atoms with Crippen LogP contribution in [-0.4, -0.2) is 36.7 Å². The molecule has 2 atom stereocenters. The molecule has 3 aromatic carbocycles. The van der Waals surface area contributed by atoms with Gasteiger partial charge in [0.05, 0.1) is 12.7 Å². The third-order valence-corrected chi connectivity index (χ3v) is 5.36. The van der Waals surface area contributed by atoms with E-state index >= 15 is 0 Å². The summed E-state index contributed by atoms with van der Waals surface area (Å²) in [5, 5.41) is 11.8. The zero-order chi connectivity index (χ0) is 24.8. The van der Waals surface area contributed by atoms with Crippen LogP contribution in [0.25, 0.3) is 11.1 Å². The van der Waals surface area contributed by atoms with Crippen molar-refractivity contribution in [3.05, 3.63) is 83.4 Å². The quantitative estimate of drug-likeness (QED) is 0.459. The molecule has 0 aromatic heterocycles. The minimum atomic E-state index is -1.05. The van der Waals surface area contributed by atoms with Gasteiger partial charge in [0, 0.05) is 18.2 Å². The lowest BCUT2D eigenvalue weighted by Gasteiger charge is -2.16. The second-order valence-corrected chi connectivity index (χ2v) is 7.82. The van der Waals surface area contributed by atoms with Crippen LogP contribution in [0.2, 0.25) is 0 Å². The standard InChI is InChI=1S/C26H25F2NO5/c1-15(17-4-8-20(9-5-17)34-16(2)26(31)32)14-29-25(30)22-12-18(6-11-24(22)33-3)21-10-7-19(27)13-23(21)28/h4-13,15-16H,14H2,1-3H3,(H,29,30)(H,31,32). The van der Waals surface area contributed by atoms with Crippen LogP contribution < -0.4 is 14.8 Å². The van der Waals surface area contributed by atoms with Gasteiger partial charge in [0.2, 0.25) is 0 Å². The average Bonchev–Trinajstić information content (AvgIpc) is 2.82. The van der Waals surface area contributed by atoms with Gasteiger partial charge in [0.25, 0.3) is 5.91 Å². The van der Waals surface area contributed by atoms with Crippen LogP contribution in [0.1, 0.15) is 35.7 Å². The predicted molar refractivity (Wildman–Crippen MR) is 123 cm³/mol. The molecule has 34 heavy (non-hydrogen) atoms. The van der Waals surface area contributed by atoms with Gasteiger partial charge < -0.3 is 19.9 Å². The number of rotatable bonds is 9. The summed E-state index contributed by atoms with van der Waals surface area (Å²) >= 11 is 0. The molecule has 1 amide bonds. The molecule has 2 unspecified atom stereocenters. The van der Waals surface area contributed by atoms with Crippen LogP contribution in [0.15, 0.2) is 60.7 Å². The van der Waals surface area contributed by atoms with Crippen molar-refractivity contribution < 1.29 is 33.0 Å². The van der Waals surface area contributed by atoms with E-state index in [2.05, 4.69) is 5.32 Å². The van der Waals surface area contributed by atoms with Crippen molar-refractivity contribution in [1.82, 2.24) is 5.32 Å². The number of ether oxygens (including phenoxy) is 2. The summed E-state index contributed by atoms with van der Waals surface area (Å²) in [6.07, 6.45) is -0.961. The molecule has 0 saturated carbocycles. The van der Waals surface area contributed by atoms with Gasteiger partial charge in [-0.3, -0.25) is 4.79 Å². The number of hydrogen-bond donors (Lipinski definition) is 2. The lowest BCUT2D eigenvalue weighted by Crippen LogP contribution is -2.28. The van der Waals surface area contributed by atoms with Crippen molar-refractivity contribution in [1.29, 1.82) is 0 Å². The molecule has 178 valence electrons. The summed E-state index contributed by atoms with van der Waals surface area (Å²) in [5.41, 5.74) is 1.74. The third kappa shape index (κ3) is 5.89. The smallest absolute Gasteiger partial charge is 0.344 e. The highest BCUT2D eigenvalue weighted by Crippen LogP contribution is 2.29. The molecule has 8 heteroatoms. The zero-order valence-corrected chi connectivity index (χ0v) is 19.0. The van der Waals surface area contributed by atoms with Crippen LogP contribution in [-0.2, 0) is 4.79 Å². The molecule has 0 fully saturated rings. The van der Waals surface area contributed by atoms with Gasteiger partial charge in [-0.1, -0.05) is 25.1 Å². The van der Waals surface area contributed by atoms with Crippen LogP contribution in [0.5, 0.6) is 11.5 Å². The number of hydrogen-bond acceptors (Lipinski definition) is 4. The number of aliphatic carboxylic acids is 1. The summed E-state index contributed by atoms with van der Waals surface area (Å²) in [6, 6.07) is 14.9. The Labute approximate surface area is 196 Å². The van der Waals surface area contributed by atoms with Crippen molar-refractivity contribution in [2.45, 2.75) is 25.9 Å². The van der Waals surface area contributed by atoms with Crippen LogP contribution in [0.4, 0.5) is 8.78 Å². The summed E-state index contributed by atoms with van der Waals surface area (Å²) in [4.78, 5) is 23.8. The monoisotopic (exact) mass is 469 g/mol. The molecule has 3 aromatic rings. The van der Waals surface area contributed by atoms with Gasteiger partial charge in [-0.15, -0.1) is 0 Å². The topological polar surface area (TPSA) is 84.9 Å². The van der Waals surface area contributed by atoms with E-state index in [0.717, 1.165) is 17.7 Å². The Morgan fingerprint density at radius 3 is 2.32 bits per heavy atom. The molecule has 0 aliphatic heterocycles. The fraction of sp³-hybridized carbons (Fsp3) is 0.231. The molecule has 2 N–H and O–H groups in total. The first-order chi connectivity index (χ1) is 16.2. The molecule has 0 bridgehead atoms. The van der Waals surface area contributed by atoms with E-state index in [9.17, 15) is 18.4 Å². The first kappa shape index (κ1) is 24.7. The largest absolute Gasteiger partial charge is 0.496 e. The molecule has 0 radical (unpaired) electrons. The van der Waals surface area contributed by atoms with Gasteiger partial charge in [-0.05, 0) is 60.4 Å². The lowest BCUT2D eigenvalue weighted by atomic mass is 10.00. The second kappa shape index (κ2) is 10.8. The Balaban J connectivity index is 1.70. The van der Waals surface area contributed by atoms with Gasteiger partial charge in [0.1, 0.15) is 23.1 Å². The van der Waals surface area contributed by atoms with E-state index in [0.29, 0.717) is 23.6 Å². The van der Waals surface area contributed by atoms with E-state index in [4.69, 9.17) is 14.6 Å². The van der Waals surface area contributed by atoms with Crippen LogP contribution in [0, 0.1) is 11.6 Å². The van der Waals surface area contributed by atoms with Crippen molar-refractivity contribution >= 4 is 11.9 Å². The molecule has 0 heterocycles. The number of halogens is 2. The first-order valence-corrected chi connectivity index (χ1v) is 10.6. The van der Waals surface area contributed by atoms with Gasteiger partial charge >= 0.3 is 5.97 Å². The van der Waals surface area contributed by atoms with Crippen molar-refractivity contribution in [2.24, 2.45) is 0 Å². The molecule has 3 rings (SSSR count). The van der Waals surface area contributed by atoms with Gasteiger partial charge in [0.15, 0.2) is 6.10 Å². The summed E-state index contributed by atoms with van der Waals surface area (Å²) in [5.74, 6) is -2.16. The predicted octanol–water partition coefficient (Wildman–Crippen LogP) is 5.03. The number of nitrogens with one attached hydrogen (secondary N) is 1. The number of benzene rings is 3. The molecular weight excluding hydrogens is 444 g/mol. The molecule has 0 aliphatic rings. The maximum absolute atomic E-state index is 14.2. The fourth-order valence-electron chi connectivity index (χ4n) is 3.36. The van der Waals surface area contributed by atoms with Crippen LogP contribution >= 0.6 is 0 Å². The number of carboxylic acid groups (broad SMARTS) is 1. The first-order valence-electron chi connectivity index (χ1n) is 10.6. The Morgan fingerprint density at radius 1 is 1.00 bits per heavy atom. The summed E-state index contributed by atoms with van der Waals surface area (Å²) in [7, 11) is 1.43. The van der Waals surface area contributed by atoms with Crippen molar-refractivity contribution in [2.75, 3.05) is 13.7 Å². The Kier molecular flexibility index (Phi) is 7.83. The number of carbonyl (C=O) groups excluding carboxylic acids is 1. The average molecular weight is 469 g/mol. The molecular formula is C26H25F2NO5. The van der Waals surface area contributed by atoms with E-state index in [1.54, 1.807) is 36.4 Å². The fourth-order valence-corrected chi connectivity index (χ4v) is 3.36. The van der Waals surface area contributed by atoms with Crippen molar-refractivity contribution in [3.63, 3.8) is 0 Å². The van der Waals surface area contributed by atoms with E-state index < -0.39 is 29.6 Å². The number of carbonyl (C=O) groups is 2. The summed E-state index contributed by atoms with van der Waals surface area (Å²) < 4.78 is 38.1. The molecule has 6 nitrogen and oxygen atoms in total. The van der Waals surface area contributed by atoms with E-state index in [1.807, 2.05) is 6.92 Å². The Morgan fingerprint density at radius 2 is 1.71 bits per heavy atom. The molecule has 0 spiro atoms.